The number of thiol groups is 1. The number of hydrogen-bond donors (Lipinski definition) is 2. The zero-order valence-corrected chi connectivity index (χ0v) is 9.64. The Kier molecular flexibility index (Phi) is 3.68. The Balaban J connectivity index is 2.56. The molecule has 3 atom stereocenters. The summed E-state index contributed by atoms with van der Waals surface area (Å²) in [6, 6.07) is 0.599. The topological polar surface area (TPSA) is 15.3 Å². The van der Waals surface area contributed by atoms with Gasteiger partial charge < -0.3 is 10.2 Å². The summed E-state index contributed by atoms with van der Waals surface area (Å²) in [5.41, 5.74) is 1.12. The molecule has 1 aliphatic rings. The van der Waals surface area contributed by atoms with E-state index in [9.17, 15) is 0 Å². The third-order valence-corrected chi connectivity index (χ3v) is 3.40. The normalized spacial score (nSPS) is 31.7. The van der Waals surface area contributed by atoms with Gasteiger partial charge in [0.1, 0.15) is 0 Å². The first-order chi connectivity index (χ1) is 6.06. The molecule has 0 bridgehead atoms. The highest BCUT2D eigenvalue weighted by Crippen LogP contribution is 2.27. The molecule has 0 saturated carbocycles. The molecule has 1 fully saturated rings. The third-order valence-electron chi connectivity index (χ3n) is 3.03. The largest absolute Gasteiger partial charge is 0.392 e. The summed E-state index contributed by atoms with van der Waals surface area (Å²) in [5.74, 6) is 0.507. The van der Waals surface area contributed by atoms with Gasteiger partial charge in [-0.1, -0.05) is 13.5 Å². The second kappa shape index (κ2) is 4.38. The Morgan fingerprint density at radius 3 is 2.69 bits per heavy atom. The van der Waals surface area contributed by atoms with Crippen LogP contribution in [0.5, 0.6) is 0 Å². The van der Waals surface area contributed by atoms with E-state index in [4.69, 9.17) is 0 Å². The van der Waals surface area contributed by atoms with Gasteiger partial charge in [-0.05, 0) is 13.5 Å². The van der Waals surface area contributed by atoms with Crippen molar-refractivity contribution in [2.24, 2.45) is 5.92 Å². The van der Waals surface area contributed by atoms with Crippen molar-refractivity contribution in [2.45, 2.75) is 24.6 Å². The van der Waals surface area contributed by atoms with Crippen LogP contribution in [0.3, 0.4) is 0 Å². The van der Waals surface area contributed by atoms with E-state index in [1.165, 1.54) is 6.42 Å². The van der Waals surface area contributed by atoms with Crippen molar-refractivity contribution in [1.29, 1.82) is 0 Å². The summed E-state index contributed by atoms with van der Waals surface area (Å²) in [7, 11) is 4.10. The maximum Gasteiger partial charge on any atom is 0.0184 e. The second-order valence-corrected chi connectivity index (χ2v) is 4.69. The van der Waals surface area contributed by atoms with E-state index in [1.807, 2.05) is 7.05 Å². The molecular formula is C10H20N2S. The van der Waals surface area contributed by atoms with Crippen LogP contribution in [0.2, 0.25) is 0 Å². The van der Waals surface area contributed by atoms with Crippen molar-refractivity contribution < 1.29 is 0 Å². The number of hydrogen-bond acceptors (Lipinski definition) is 3. The molecule has 0 amide bonds. The lowest BCUT2D eigenvalue weighted by atomic mass is 9.97. The Bertz CT molecular complexity index is 193. The summed E-state index contributed by atoms with van der Waals surface area (Å²) < 4.78 is 0. The van der Waals surface area contributed by atoms with Crippen LogP contribution < -0.4 is 5.32 Å². The van der Waals surface area contributed by atoms with Gasteiger partial charge in [-0.3, -0.25) is 0 Å². The Labute approximate surface area is 86.8 Å². The standard InChI is InChI=1S/C10H20N2S/c1-7(8(2)11-3)10-5-9(13)6-12(10)4/h7,9-11,13H,2,5-6H2,1,3-4H3/t7?,9-,10-/m0/s1. The third kappa shape index (κ3) is 2.41. The Hall–Kier alpha value is -0.150. The van der Waals surface area contributed by atoms with Gasteiger partial charge in [-0.25, -0.2) is 0 Å². The lowest BCUT2D eigenvalue weighted by Gasteiger charge is -2.27. The van der Waals surface area contributed by atoms with Crippen LogP contribution in [0.1, 0.15) is 13.3 Å². The first kappa shape index (κ1) is 10.9. The predicted octanol–water partition coefficient (Wildman–Crippen LogP) is 1.36. The molecule has 0 aromatic carbocycles. The maximum atomic E-state index is 4.51. The molecule has 1 saturated heterocycles. The van der Waals surface area contributed by atoms with Crippen LogP contribution in [-0.4, -0.2) is 36.8 Å². The van der Waals surface area contributed by atoms with E-state index in [-0.39, 0.29) is 0 Å². The Morgan fingerprint density at radius 1 is 1.69 bits per heavy atom. The van der Waals surface area contributed by atoms with E-state index in [2.05, 4.69) is 43.4 Å². The fraction of sp³-hybridized carbons (Fsp3) is 0.800. The zero-order valence-electron chi connectivity index (χ0n) is 8.75. The molecule has 1 rings (SSSR count). The molecule has 3 heteroatoms. The Morgan fingerprint density at radius 2 is 2.31 bits per heavy atom. The molecule has 2 nitrogen and oxygen atoms in total. The van der Waals surface area contributed by atoms with E-state index in [1.54, 1.807) is 0 Å². The van der Waals surface area contributed by atoms with Gasteiger partial charge >= 0.3 is 0 Å². The second-order valence-electron chi connectivity index (χ2n) is 3.96. The van der Waals surface area contributed by atoms with Gasteiger partial charge in [0.05, 0.1) is 0 Å². The highest BCUT2D eigenvalue weighted by atomic mass is 32.1. The average molecular weight is 200 g/mol. The molecule has 0 spiro atoms. The molecule has 1 aliphatic heterocycles. The van der Waals surface area contributed by atoms with Gasteiger partial charge in [0.25, 0.3) is 0 Å². The molecule has 0 aromatic heterocycles. The van der Waals surface area contributed by atoms with Crippen LogP contribution in [0.15, 0.2) is 12.3 Å². The first-order valence-corrected chi connectivity index (χ1v) is 5.32. The molecule has 1 unspecified atom stereocenters. The van der Waals surface area contributed by atoms with Crippen LogP contribution in [0.4, 0.5) is 0 Å². The van der Waals surface area contributed by atoms with Crippen LogP contribution >= 0.6 is 12.6 Å². The number of nitrogens with zero attached hydrogens (tertiary/aromatic N) is 1. The fourth-order valence-electron chi connectivity index (χ4n) is 2.05. The summed E-state index contributed by atoms with van der Waals surface area (Å²) in [6.45, 7) is 7.33. The molecule has 13 heavy (non-hydrogen) atoms. The van der Waals surface area contributed by atoms with Crippen molar-refractivity contribution >= 4 is 12.6 Å². The van der Waals surface area contributed by atoms with Gasteiger partial charge in [-0.2, -0.15) is 12.6 Å². The number of rotatable bonds is 3. The molecule has 76 valence electrons. The van der Waals surface area contributed by atoms with Crippen molar-refractivity contribution in [2.75, 3.05) is 20.6 Å². The van der Waals surface area contributed by atoms with Gasteiger partial charge in [0, 0.05) is 36.5 Å². The molecular weight excluding hydrogens is 180 g/mol. The molecule has 0 aromatic rings. The monoisotopic (exact) mass is 200 g/mol. The summed E-state index contributed by atoms with van der Waals surface area (Å²) >= 11 is 4.51. The molecule has 0 aliphatic carbocycles. The quantitative estimate of drug-likeness (QED) is 0.669. The van der Waals surface area contributed by atoms with E-state index in [0.29, 0.717) is 17.2 Å². The van der Waals surface area contributed by atoms with Crippen LogP contribution in [0, 0.1) is 5.92 Å². The van der Waals surface area contributed by atoms with Gasteiger partial charge in [0.2, 0.25) is 0 Å². The van der Waals surface area contributed by atoms with Crippen molar-refractivity contribution in [3.63, 3.8) is 0 Å². The predicted molar refractivity (Wildman–Crippen MR) is 61.2 cm³/mol. The molecule has 1 heterocycles. The minimum atomic E-state index is 0.507. The van der Waals surface area contributed by atoms with Crippen LogP contribution in [-0.2, 0) is 0 Å². The summed E-state index contributed by atoms with van der Waals surface area (Å²) in [5, 5.41) is 3.66. The fourth-order valence-corrected chi connectivity index (χ4v) is 2.52. The minimum absolute atomic E-state index is 0.507. The highest BCUT2D eigenvalue weighted by Gasteiger charge is 2.32. The van der Waals surface area contributed by atoms with Crippen molar-refractivity contribution in [1.82, 2.24) is 10.2 Å². The first-order valence-electron chi connectivity index (χ1n) is 4.81. The SMILES string of the molecule is C=C(NC)C(C)[C@@H]1C[C@H](S)CN1C. The van der Waals surface area contributed by atoms with Crippen molar-refractivity contribution in [3.8, 4) is 0 Å². The minimum Gasteiger partial charge on any atom is -0.392 e. The van der Waals surface area contributed by atoms with Gasteiger partial charge in [-0.15, -0.1) is 0 Å². The van der Waals surface area contributed by atoms with E-state index < -0.39 is 0 Å². The van der Waals surface area contributed by atoms with E-state index in [0.717, 1.165) is 12.2 Å². The number of nitrogens with one attached hydrogen (secondary N) is 1. The van der Waals surface area contributed by atoms with Crippen molar-refractivity contribution in [3.05, 3.63) is 12.3 Å². The highest BCUT2D eigenvalue weighted by molar-refractivity contribution is 7.81. The van der Waals surface area contributed by atoms with Crippen LogP contribution in [0.25, 0.3) is 0 Å². The smallest absolute Gasteiger partial charge is 0.0184 e. The number of likely N-dealkylation sites (tertiary alicyclic amines) is 1. The zero-order chi connectivity index (χ0) is 10.0. The summed E-state index contributed by atoms with van der Waals surface area (Å²) in [4.78, 5) is 2.38. The van der Waals surface area contributed by atoms with E-state index >= 15 is 0 Å². The lowest BCUT2D eigenvalue weighted by Crippen LogP contribution is -2.34. The maximum absolute atomic E-state index is 4.51. The summed E-state index contributed by atoms with van der Waals surface area (Å²) in [6.07, 6.45) is 1.17. The molecule has 1 N–H and O–H groups in total. The average Bonchev–Trinajstić information content (AvgIpc) is 2.42. The van der Waals surface area contributed by atoms with Gasteiger partial charge in [0.15, 0.2) is 0 Å². The lowest BCUT2D eigenvalue weighted by molar-refractivity contribution is 0.255. The molecule has 0 radical (unpaired) electrons.